The van der Waals surface area contributed by atoms with Crippen molar-refractivity contribution in [1.29, 1.82) is 0 Å². The van der Waals surface area contributed by atoms with E-state index in [0.717, 1.165) is 10.2 Å². The largest absolute Gasteiger partial charge is 0.392 e. The van der Waals surface area contributed by atoms with E-state index in [9.17, 15) is 9.90 Å². The standard InChI is InChI=1S/C16H17BrCl2N4O2/c17-9-3-11(21-2-1-20)7-12(4-9)22-16(25)23-15-6-10(18)5-14(19)13(15)8-24/h3-7,21,24H,1-2,8,20H2,(H2,22,23,25). The zero-order valence-corrected chi connectivity index (χ0v) is 16.2. The highest BCUT2D eigenvalue weighted by atomic mass is 79.9. The van der Waals surface area contributed by atoms with Crippen molar-refractivity contribution < 1.29 is 9.90 Å². The maximum Gasteiger partial charge on any atom is 0.323 e. The number of urea groups is 1. The summed E-state index contributed by atoms with van der Waals surface area (Å²) in [5.41, 5.74) is 7.60. The number of benzene rings is 2. The van der Waals surface area contributed by atoms with Crippen molar-refractivity contribution in [1.82, 2.24) is 0 Å². The highest BCUT2D eigenvalue weighted by molar-refractivity contribution is 9.10. The number of carbonyl (C=O) groups excluding carboxylic acids is 1. The zero-order chi connectivity index (χ0) is 18.4. The molecule has 0 saturated heterocycles. The number of hydrogen-bond donors (Lipinski definition) is 5. The molecule has 0 spiro atoms. The Labute approximate surface area is 163 Å². The molecular weight excluding hydrogens is 431 g/mol. The smallest absolute Gasteiger partial charge is 0.323 e. The van der Waals surface area contributed by atoms with Gasteiger partial charge in [0, 0.05) is 44.5 Å². The van der Waals surface area contributed by atoms with Crippen molar-refractivity contribution in [3.8, 4) is 0 Å². The minimum Gasteiger partial charge on any atom is -0.392 e. The van der Waals surface area contributed by atoms with Gasteiger partial charge in [0.15, 0.2) is 0 Å². The summed E-state index contributed by atoms with van der Waals surface area (Å²) in [5.74, 6) is 0. The first-order chi connectivity index (χ1) is 11.9. The van der Waals surface area contributed by atoms with Crippen LogP contribution < -0.4 is 21.7 Å². The fourth-order valence-corrected chi connectivity index (χ4v) is 3.19. The highest BCUT2D eigenvalue weighted by Crippen LogP contribution is 2.29. The lowest BCUT2D eigenvalue weighted by molar-refractivity contribution is 0.262. The van der Waals surface area contributed by atoms with Gasteiger partial charge in [-0.05, 0) is 30.3 Å². The molecule has 0 heterocycles. The molecule has 2 rings (SSSR count). The van der Waals surface area contributed by atoms with Gasteiger partial charge < -0.3 is 26.8 Å². The van der Waals surface area contributed by atoms with Crippen molar-refractivity contribution in [3.63, 3.8) is 0 Å². The van der Waals surface area contributed by atoms with E-state index in [-0.39, 0.29) is 11.6 Å². The fraction of sp³-hybridized carbons (Fsp3) is 0.188. The Morgan fingerprint density at radius 1 is 1.12 bits per heavy atom. The Morgan fingerprint density at radius 3 is 2.52 bits per heavy atom. The lowest BCUT2D eigenvalue weighted by Crippen LogP contribution is -2.20. The van der Waals surface area contributed by atoms with E-state index < -0.39 is 6.03 Å². The first kappa shape index (κ1) is 19.8. The average Bonchev–Trinajstić information content (AvgIpc) is 2.51. The normalized spacial score (nSPS) is 10.4. The van der Waals surface area contributed by atoms with Crippen LogP contribution in [0.15, 0.2) is 34.8 Å². The summed E-state index contributed by atoms with van der Waals surface area (Å²) in [6.07, 6.45) is 0. The van der Waals surface area contributed by atoms with Gasteiger partial charge in [-0.25, -0.2) is 4.79 Å². The number of nitrogens with two attached hydrogens (primary N) is 1. The molecule has 0 bridgehead atoms. The fourth-order valence-electron chi connectivity index (χ4n) is 2.14. The third kappa shape index (κ3) is 5.76. The maximum atomic E-state index is 12.3. The number of halogens is 3. The number of aliphatic hydroxyl groups is 1. The predicted octanol–water partition coefficient (Wildman–Crippen LogP) is 4.26. The molecule has 0 aromatic heterocycles. The van der Waals surface area contributed by atoms with Gasteiger partial charge in [0.05, 0.1) is 12.3 Å². The molecule has 0 saturated carbocycles. The van der Waals surface area contributed by atoms with E-state index in [2.05, 4.69) is 31.9 Å². The molecule has 9 heteroatoms. The summed E-state index contributed by atoms with van der Waals surface area (Å²) in [4.78, 5) is 12.3. The highest BCUT2D eigenvalue weighted by Gasteiger charge is 2.12. The summed E-state index contributed by atoms with van der Waals surface area (Å²) in [5, 5.41) is 18.6. The van der Waals surface area contributed by atoms with Crippen LogP contribution in [-0.2, 0) is 6.61 Å². The number of aliphatic hydroxyl groups excluding tert-OH is 1. The van der Waals surface area contributed by atoms with Crippen LogP contribution in [0.3, 0.4) is 0 Å². The van der Waals surface area contributed by atoms with E-state index in [1.54, 1.807) is 12.1 Å². The minimum atomic E-state index is -0.490. The zero-order valence-electron chi connectivity index (χ0n) is 13.1. The van der Waals surface area contributed by atoms with E-state index in [1.807, 2.05) is 6.07 Å². The van der Waals surface area contributed by atoms with Gasteiger partial charge in [-0.15, -0.1) is 0 Å². The van der Waals surface area contributed by atoms with Crippen LogP contribution in [0.25, 0.3) is 0 Å². The van der Waals surface area contributed by atoms with Crippen LogP contribution >= 0.6 is 39.1 Å². The maximum absolute atomic E-state index is 12.3. The van der Waals surface area contributed by atoms with Crippen molar-refractivity contribution in [2.24, 2.45) is 5.73 Å². The molecule has 6 N–H and O–H groups in total. The van der Waals surface area contributed by atoms with Crippen LogP contribution in [0.5, 0.6) is 0 Å². The van der Waals surface area contributed by atoms with Gasteiger partial charge >= 0.3 is 6.03 Å². The minimum absolute atomic E-state index is 0.279. The molecule has 0 aliphatic rings. The van der Waals surface area contributed by atoms with E-state index >= 15 is 0 Å². The summed E-state index contributed by atoms with van der Waals surface area (Å²) in [6, 6.07) is 7.94. The van der Waals surface area contributed by atoms with Crippen molar-refractivity contribution in [2.75, 3.05) is 29.0 Å². The molecule has 2 aromatic carbocycles. The molecule has 0 aliphatic carbocycles. The van der Waals surface area contributed by atoms with Gasteiger partial charge in [0.2, 0.25) is 0 Å². The Hall–Kier alpha value is -1.51. The molecule has 0 radical (unpaired) electrons. The third-order valence-electron chi connectivity index (χ3n) is 3.20. The Kier molecular flexibility index (Phi) is 7.34. The summed E-state index contributed by atoms with van der Waals surface area (Å²) in [7, 11) is 0. The molecule has 0 atom stereocenters. The van der Waals surface area contributed by atoms with E-state index in [1.165, 1.54) is 12.1 Å². The first-order valence-corrected chi connectivity index (χ1v) is 8.89. The summed E-state index contributed by atoms with van der Waals surface area (Å²) >= 11 is 15.4. The Balaban J connectivity index is 2.14. The SMILES string of the molecule is NCCNc1cc(Br)cc(NC(=O)Nc2cc(Cl)cc(Cl)c2CO)c1. The van der Waals surface area contributed by atoms with Crippen molar-refractivity contribution >= 4 is 62.2 Å². The second kappa shape index (κ2) is 9.26. The van der Waals surface area contributed by atoms with Gasteiger partial charge in [-0.2, -0.15) is 0 Å². The Morgan fingerprint density at radius 2 is 1.84 bits per heavy atom. The molecule has 0 unspecified atom stereocenters. The van der Waals surface area contributed by atoms with Crippen LogP contribution in [0.2, 0.25) is 10.0 Å². The van der Waals surface area contributed by atoms with Crippen molar-refractivity contribution in [2.45, 2.75) is 6.61 Å². The van der Waals surface area contributed by atoms with Gasteiger partial charge in [-0.3, -0.25) is 0 Å². The molecule has 0 aliphatic heterocycles. The third-order valence-corrected chi connectivity index (χ3v) is 4.21. The van der Waals surface area contributed by atoms with Crippen LogP contribution in [0.4, 0.5) is 21.9 Å². The second-order valence-electron chi connectivity index (χ2n) is 5.09. The molecule has 2 amide bonds. The molecule has 0 fully saturated rings. The number of nitrogens with one attached hydrogen (secondary N) is 3. The monoisotopic (exact) mass is 446 g/mol. The first-order valence-electron chi connectivity index (χ1n) is 7.34. The van der Waals surface area contributed by atoms with Gasteiger partial charge in [-0.1, -0.05) is 39.1 Å². The van der Waals surface area contributed by atoms with Crippen LogP contribution in [0, 0.1) is 0 Å². The predicted molar refractivity (Wildman–Crippen MR) is 107 cm³/mol. The number of carbonyl (C=O) groups is 1. The number of rotatable bonds is 6. The Bertz CT molecular complexity index is 774. The van der Waals surface area contributed by atoms with E-state index in [0.29, 0.717) is 35.1 Å². The lowest BCUT2D eigenvalue weighted by atomic mass is 10.2. The number of hydrogen-bond acceptors (Lipinski definition) is 4. The average molecular weight is 448 g/mol. The molecular formula is C16H17BrCl2N4O2. The van der Waals surface area contributed by atoms with Crippen molar-refractivity contribution in [3.05, 3.63) is 50.4 Å². The molecule has 134 valence electrons. The summed E-state index contributed by atoms with van der Waals surface area (Å²) in [6.45, 7) is 0.786. The van der Waals surface area contributed by atoms with Crippen LogP contribution in [-0.4, -0.2) is 24.2 Å². The number of amides is 2. The lowest BCUT2D eigenvalue weighted by Gasteiger charge is -2.14. The quantitative estimate of drug-likeness (QED) is 0.456. The van der Waals surface area contributed by atoms with Crippen LogP contribution in [0.1, 0.15) is 5.56 Å². The topological polar surface area (TPSA) is 99.4 Å². The van der Waals surface area contributed by atoms with Gasteiger partial charge in [0.25, 0.3) is 0 Å². The molecule has 25 heavy (non-hydrogen) atoms. The van der Waals surface area contributed by atoms with E-state index in [4.69, 9.17) is 28.9 Å². The second-order valence-corrected chi connectivity index (χ2v) is 6.85. The number of anilines is 3. The molecule has 6 nitrogen and oxygen atoms in total. The molecule has 2 aromatic rings. The summed E-state index contributed by atoms with van der Waals surface area (Å²) < 4.78 is 0.798. The van der Waals surface area contributed by atoms with Gasteiger partial charge in [0.1, 0.15) is 0 Å².